The summed E-state index contributed by atoms with van der Waals surface area (Å²) >= 11 is 0. The van der Waals surface area contributed by atoms with Crippen LogP contribution in [0.15, 0.2) is 109 Å². The molecule has 10 N–H and O–H groups in total. The average molecular weight is 1250 g/mol. The summed E-state index contributed by atoms with van der Waals surface area (Å²) in [6, 6.07) is 22.0. The van der Waals surface area contributed by atoms with Gasteiger partial charge in [0.05, 0.1) is 24.3 Å². The highest BCUT2D eigenvalue weighted by Crippen LogP contribution is 2.36. The molecule has 0 fully saturated rings. The molecule has 91 heavy (non-hydrogen) atoms. The van der Waals surface area contributed by atoms with Crippen molar-refractivity contribution in [2.75, 3.05) is 30.9 Å². The molecule has 9 amide bonds. The summed E-state index contributed by atoms with van der Waals surface area (Å²) in [6.45, 7) is 18.7. The second kappa shape index (κ2) is 31.3. The molecule has 22 nitrogen and oxygen atoms in total. The van der Waals surface area contributed by atoms with Crippen molar-refractivity contribution in [2.45, 2.75) is 150 Å². The van der Waals surface area contributed by atoms with E-state index in [2.05, 4.69) is 49.1 Å². The highest BCUT2D eigenvalue weighted by molar-refractivity contribution is 6.00. The van der Waals surface area contributed by atoms with E-state index in [1.807, 2.05) is 133 Å². The van der Waals surface area contributed by atoms with Crippen LogP contribution in [0.2, 0.25) is 0 Å². The second-order valence-electron chi connectivity index (χ2n) is 25.4. The lowest BCUT2D eigenvalue weighted by Gasteiger charge is -2.39. The number of urea groups is 1. The van der Waals surface area contributed by atoms with E-state index < -0.39 is 82.8 Å². The maximum absolute atomic E-state index is 14.4. The lowest BCUT2D eigenvalue weighted by atomic mass is 9.76. The van der Waals surface area contributed by atoms with Crippen LogP contribution in [0.3, 0.4) is 0 Å². The molecule has 22 heteroatoms. The van der Waals surface area contributed by atoms with Crippen molar-refractivity contribution >= 4 is 75.8 Å². The number of amides is 9. The Balaban J connectivity index is 1.03. The fourth-order valence-corrected chi connectivity index (χ4v) is 11.0. The first-order valence-corrected chi connectivity index (χ1v) is 30.6. The normalized spacial score (nSPS) is 13.9. The van der Waals surface area contributed by atoms with Crippen LogP contribution in [0.5, 0.6) is 0 Å². The molecule has 5 aromatic rings. The Labute approximate surface area is 533 Å². The molecule has 1 aliphatic heterocycles. The Morgan fingerprint density at radius 3 is 2.05 bits per heavy atom. The molecule has 2 heterocycles. The summed E-state index contributed by atoms with van der Waals surface area (Å²) in [4.78, 5) is 123. The Morgan fingerprint density at radius 2 is 1.42 bits per heavy atom. The molecule has 1 aliphatic rings. The number of hydrogen-bond acceptors (Lipinski definition) is 11. The Bertz CT molecular complexity index is 3590. The minimum Gasteiger partial charge on any atom is -0.478 e. The number of para-hydroxylation sites is 1. The predicted octanol–water partition coefficient (Wildman–Crippen LogP) is 7.25. The van der Waals surface area contributed by atoms with E-state index in [1.165, 1.54) is 11.8 Å². The maximum Gasteiger partial charge on any atom is 0.407 e. The molecule has 0 saturated heterocycles. The van der Waals surface area contributed by atoms with Crippen molar-refractivity contribution in [1.82, 2.24) is 41.4 Å². The molecule has 0 saturated carbocycles. The van der Waals surface area contributed by atoms with E-state index in [-0.39, 0.29) is 81.1 Å². The number of primary amides is 1. The minimum absolute atomic E-state index is 0.0916. The van der Waals surface area contributed by atoms with Gasteiger partial charge in [0.25, 0.3) is 0 Å². The van der Waals surface area contributed by atoms with Gasteiger partial charge in [0.2, 0.25) is 35.4 Å². The molecule has 0 spiro atoms. The zero-order valence-corrected chi connectivity index (χ0v) is 54.5. The third-order valence-electron chi connectivity index (χ3n) is 16.3. The molecule has 486 valence electrons. The van der Waals surface area contributed by atoms with E-state index in [1.54, 1.807) is 63.2 Å². The number of nitrogens with one attached hydrogen (secondary N) is 7. The number of benzene rings is 4. The Morgan fingerprint density at radius 1 is 0.769 bits per heavy atom. The first-order chi connectivity index (χ1) is 42.9. The number of aliphatic carboxylic acids is 1. The number of likely N-dealkylation sites (N-methyl/N-ethyl adjacent to an activating group) is 2. The highest BCUT2D eigenvalue weighted by atomic mass is 16.5. The van der Waals surface area contributed by atoms with Gasteiger partial charge < -0.3 is 67.2 Å². The van der Waals surface area contributed by atoms with Gasteiger partial charge in [-0.2, -0.15) is 0 Å². The number of carboxylic acid groups (broad SMARTS) is 1. The van der Waals surface area contributed by atoms with Crippen molar-refractivity contribution in [2.24, 2.45) is 30.0 Å². The van der Waals surface area contributed by atoms with Crippen LogP contribution < -0.4 is 47.9 Å². The largest absolute Gasteiger partial charge is 0.478 e. The van der Waals surface area contributed by atoms with Crippen LogP contribution in [-0.4, -0.2) is 119 Å². The van der Waals surface area contributed by atoms with Crippen molar-refractivity contribution in [1.29, 1.82) is 0 Å². The quantitative estimate of drug-likeness (QED) is 0.0143. The molecule has 0 aliphatic carbocycles. The number of fused-ring (bicyclic) bond motifs is 3. The third kappa shape index (κ3) is 18.8. The topological polar surface area (TPSA) is 305 Å². The van der Waals surface area contributed by atoms with Crippen LogP contribution in [0, 0.1) is 29.1 Å². The van der Waals surface area contributed by atoms with Gasteiger partial charge >= 0.3 is 18.1 Å². The summed E-state index contributed by atoms with van der Waals surface area (Å²) < 4.78 is 7.50. The zero-order valence-electron chi connectivity index (χ0n) is 54.5. The number of carbonyl (C=O) groups is 9. The monoisotopic (exact) mass is 1250 g/mol. The van der Waals surface area contributed by atoms with Gasteiger partial charge in [0.1, 0.15) is 24.7 Å². The SMILES string of the molecule is CNC(C(=O)N[C@H](C(=O)N(C)[C@H](/C=C(\C)C(=O)O)C(C)C)C(C)(C)C)C(C)(C)c1cn(C)c2cc(CNC(=O)OCc3ccc(NC(=O)[C@H](CCCNC(N)=O)NC(=O)[C@@H](NC(=O)CCC(=O)N4Cc5ccccc5C#Cc5ccccc54)C(C)C)cc3)ccc12. The van der Waals surface area contributed by atoms with Crippen molar-refractivity contribution in [3.63, 3.8) is 0 Å². The number of ether oxygens (including phenoxy) is 1. The summed E-state index contributed by atoms with van der Waals surface area (Å²) in [5, 5.41) is 30.4. The number of alkyl carbamates (subject to hydrolysis) is 1. The maximum atomic E-state index is 14.4. The minimum atomic E-state index is -1.11. The molecule has 6 rings (SSSR count). The van der Waals surface area contributed by atoms with E-state index >= 15 is 0 Å². The van der Waals surface area contributed by atoms with Gasteiger partial charge in [-0.05, 0) is 103 Å². The van der Waals surface area contributed by atoms with Crippen LogP contribution in [-0.2, 0) is 70.5 Å². The molecule has 0 radical (unpaired) electrons. The second-order valence-corrected chi connectivity index (χ2v) is 25.4. The van der Waals surface area contributed by atoms with Crippen molar-refractivity contribution in [3.8, 4) is 11.8 Å². The van der Waals surface area contributed by atoms with Crippen LogP contribution >= 0.6 is 0 Å². The fourth-order valence-electron chi connectivity index (χ4n) is 11.0. The number of aromatic nitrogens is 1. The number of nitrogens with zero attached hydrogens (tertiary/aromatic N) is 3. The number of carbonyl (C=O) groups excluding carboxylic acids is 8. The van der Waals surface area contributed by atoms with Crippen LogP contribution in [0.25, 0.3) is 10.9 Å². The molecule has 0 bridgehead atoms. The summed E-state index contributed by atoms with van der Waals surface area (Å²) in [5.41, 5.74) is 10.3. The molecular weight excluding hydrogens is 1160 g/mol. The third-order valence-corrected chi connectivity index (χ3v) is 16.3. The summed E-state index contributed by atoms with van der Waals surface area (Å²) in [5.74, 6) is 1.99. The average Bonchev–Trinajstić information content (AvgIpc) is 1.66. The van der Waals surface area contributed by atoms with Gasteiger partial charge in [-0.3, -0.25) is 28.8 Å². The van der Waals surface area contributed by atoms with Gasteiger partial charge in [0.15, 0.2) is 0 Å². The van der Waals surface area contributed by atoms with E-state index in [0.29, 0.717) is 22.5 Å². The van der Waals surface area contributed by atoms with Gasteiger partial charge in [0, 0.05) is 84.9 Å². The zero-order chi connectivity index (χ0) is 67.1. The Hall–Kier alpha value is -9.49. The predicted molar refractivity (Wildman–Crippen MR) is 350 cm³/mol. The van der Waals surface area contributed by atoms with Crippen LogP contribution in [0.1, 0.15) is 128 Å². The van der Waals surface area contributed by atoms with E-state index in [9.17, 15) is 48.3 Å². The first-order valence-electron chi connectivity index (χ1n) is 30.6. The van der Waals surface area contributed by atoms with Gasteiger partial charge in [-0.1, -0.05) is 135 Å². The molecule has 4 aromatic carbocycles. The number of rotatable bonds is 27. The smallest absolute Gasteiger partial charge is 0.407 e. The van der Waals surface area contributed by atoms with Crippen molar-refractivity contribution in [3.05, 3.63) is 142 Å². The van der Waals surface area contributed by atoms with Gasteiger partial charge in [-0.15, -0.1) is 0 Å². The summed E-state index contributed by atoms with van der Waals surface area (Å²) in [7, 11) is 5.21. The van der Waals surface area contributed by atoms with Crippen LogP contribution in [0.4, 0.5) is 21.0 Å². The van der Waals surface area contributed by atoms with E-state index in [0.717, 1.165) is 33.2 Å². The van der Waals surface area contributed by atoms with E-state index in [4.69, 9.17) is 10.5 Å². The van der Waals surface area contributed by atoms with Crippen molar-refractivity contribution < 1.29 is 53.0 Å². The van der Waals surface area contributed by atoms with Gasteiger partial charge in [-0.25, -0.2) is 14.4 Å². The standard InChI is InChI=1S/C69H89N11O11/c1-41(2)54(35-43(5)65(87)88)79(13)64(86)60(68(6,7)8)77-63(85)59(71-11)69(9,10)51-39-78(12)55-36-45(26-31-50(51)55)37-73-67(90)91-40-44-24-29-49(30-25-44)74-61(83)52(22-18-34-72-66(70)89)75-62(84)58(42(3)4)76-56(81)32-33-57(82)80-38-48-21-15-14-19-46(48)27-28-47-20-16-17-23-53(47)80/h14-17,19-21,23-26,29-31,35-36,39,41-42,52,54,58-60,71H,18,22,32-34,37-38,40H2,1-13H3,(H,73,90)(H,74,83)(H,75,84)(H,76,81)(H,77,85)(H,87,88)(H3,70,72,89)/b43-35+/t52-,54+,58-,59?,60+/m0/s1. The highest BCUT2D eigenvalue weighted by Gasteiger charge is 2.43. The number of aryl methyl sites for hydroxylation is 1. The lowest BCUT2D eigenvalue weighted by molar-refractivity contribution is -0.141. The number of hydrogen-bond donors (Lipinski definition) is 9. The molecule has 1 aromatic heterocycles. The number of carboxylic acids is 1. The Kier molecular flexibility index (Phi) is 24.3. The fraction of sp³-hybridized carbons (Fsp3) is 0.435. The lowest BCUT2D eigenvalue weighted by Crippen LogP contribution is -2.61. The number of anilines is 2. The summed E-state index contributed by atoms with van der Waals surface area (Å²) in [6.07, 6.45) is 2.85. The molecule has 5 atom stereocenters. The molecule has 1 unspecified atom stereocenters. The molecular formula is C69H89N11O11. The first kappa shape index (κ1) is 70.6. The number of nitrogens with two attached hydrogens (primary N) is 1.